The Kier molecular flexibility index (Phi) is 7.38. The molecule has 30 heavy (non-hydrogen) atoms. The molecule has 0 aliphatic carbocycles. The fraction of sp³-hybridized carbons (Fsp3) is 0.316. The standard InChI is InChI=1S/C19H19Cl2FN2O4S2/c1-30(26,27)24-10-18(28-17-6-5-12(20)9-16(17)24)19(25)23-7-8-29-11-13-14(21)3-2-4-15(13)22/h2-6,9,18H,7-8,10-11H2,1H3,(H,23,25). The molecule has 0 saturated heterocycles. The largest absolute Gasteiger partial charge is 0.476 e. The van der Waals surface area contributed by atoms with E-state index in [1.54, 1.807) is 18.2 Å². The van der Waals surface area contributed by atoms with Crippen molar-refractivity contribution in [3.63, 3.8) is 0 Å². The summed E-state index contributed by atoms with van der Waals surface area (Å²) in [5, 5.41) is 3.45. The van der Waals surface area contributed by atoms with E-state index in [0.29, 0.717) is 39.3 Å². The van der Waals surface area contributed by atoms with Crippen LogP contribution in [0.1, 0.15) is 5.56 Å². The van der Waals surface area contributed by atoms with Gasteiger partial charge < -0.3 is 10.1 Å². The molecule has 0 bridgehead atoms. The van der Waals surface area contributed by atoms with E-state index in [2.05, 4.69) is 5.32 Å². The molecule has 1 amide bonds. The van der Waals surface area contributed by atoms with Crippen LogP contribution in [0.25, 0.3) is 0 Å². The topological polar surface area (TPSA) is 75.7 Å². The fourth-order valence-corrected chi connectivity index (χ4v) is 5.15. The van der Waals surface area contributed by atoms with Crippen molar-refractivity contribution in [2.75, 3.05) is 29.4 Å². The lowest BCUT2D eigenvalue weighted by atomic mass is 10.2. The zero-order chi connectivity index (χ0) is 21.9. The molecule has 0 fully saturated rings. The summed E-state index contributed by atoms with van der Waals surface area (Å²) in [7, 11) is -3.63. The monoisotopic (exact) mass is 492 g/mol. The minimum Gasteiger partial charge on any atom is -0.476 e. The van der Waals surface area contributed by atoms with Crippen LogP contribution in [-0.4, -0.2) is 45.5 Å². The number of hydrogen-bond acceptors (Lipinski definition) is 5. The SMILES string of the molecule is CS(=O)(=O)N1CC(C(=O)NCCSCc2c(F)cccc2Cl)Oc2ccc(Cl)cc21. The summed E-state index contributed by atoms with van der Waals surface area (Å²) in [5.74, 6) is 0.352. The summed E-state index contributed by atoms with van der Waals surface area (Å²) in [4.78, 5) is 12.5. The summed E-state index contributed by atoms with van der Waals surface area (Å²) < 4.78 is 44.9. The van der Waals surface area contributed by atoms with Crippen LogP contribution in [0.4, 0.5) is 10.1 Å². The molecule has 162 valence electrons. The zero-order valence-electron chi connectivity index (χ0n) is 15.9. The Bertz CT molecular complexity index is 1030. The molecule has 0 radical (unpaired) electrons. The highest BCUT2D eigenvalue weighted by Crippen LogP contribution is 2.37. The maximum absolute atomic E-state index is 13.8. The molecule has 1 heterocycles. The highest BCUT2D eigenvalue weighted by molar-refractivity contribution is 7.98. The van der Waals surface area contributed by atoms with Crippen molar-refractivity contribution < 1.29 is 22.3 Å². The number of halogens is 3. The highest BCUT2D eigenvalue weighted by Gasteiger charge is 2.35. The Morgan fingerprint density at radius 3 is 2.80 bits per heavy atom. The number of carbonyl (C=O) groups is 1. The summed E-state index contributed by atoms with van der Waals surface area (Å²) in [6.45, 7) is 0.151. The lowest BCUT2D eigenvalue weighted by molar-refractivity contribution is -0.127. The van der Waals surface area contributed by atoms with Gasteiger partial charge in [0.1, 0.15) is 11.6 Å². The first-order valence-corrected chi connectivity index (χ1v) is 12.6. The molecular weight excluding hydrogens is 474 g/mol. The lowest BCUT2D eigenvalue weighted by Crippen LogP contribution is -2.50. The minimum atomic E-state index is -3.63. The number of benzene rings is 2. The number of hydrogen-bond donors (Lipinski definition) is 1. The van der Waals surface area contributed by atoms with Gasteiger partial charge in [-0.3, -0.25) is 9.10 Å². The van der Waals surface area contributed by atoms with Gasteiger partial charge in [-0.25, -0.2) is 12.8 Å². The van der Waals surface area contributed by atoms with Gasteiger partial charge in [0, 0.05) is 33.7 Å². The number of rotatable bonds is 7. The molecule has 3 rings (SSSR count). The van der Waals surface area contributed by atoms with Crippen LogP contribution in [0, 0.1) is 5.82 Å². The molecule has 0 aromatic heterocycles. The molecule has 0 saturated carbocycles. The second kappa shape index (κ2) is 9.64. The molecule has 1 N–H and O–H groups in total. The predicted octanol–water partition coefficient (Wildman–Crippen LogP) is 3.71. The van der Waals surface area contributed by atoms with Crippen molar-refractivity contribution in [3.05, 3.63) is 57.8 Å². The van der Waals surface area contributed by atoms with E-state index in [0.717, 1.165) is 10.6 Å². The van der Waals surface area contributed by atoms with Gasteiger partial charge >= 0.3 is 0 Å². The summed E-state index contributed by atoms with van der Waals surface area (Å²) in [6, 6.07) is 9.09. The van der Waals surface area contributed by atoms with E-state index in [1.165, 1.54) is 30.0 Å². The van der Waals surface area contributed by atoms with Crippen LogP contribution >= 0.6 is 35.0 Å². The van der Waals surface area contributed by atoms with E-state index < -0.39 is 22.0 Å². The minimum absolute atomic E-state index is 0.157. The molecule has 1 aliphatic rings. The molecule has 2 aromatic rings. The van der Waals surface area contributed by atoms with Gasteiger partial charge in [-0.2, -0.15) is 11.8 Å². The third-order valence-corrected chi connectivity index (χ3v) is 7.06. The smallest absolute Gasteiger partial charge is 0.263 e. The van der Waals surface area contributed by atoms with E-state index in [4.69, 9.17) is 27.9 Å². The van der Waals surface area contributed by atoms with Crippen molar-refractivity contribution in [2.24, 2.45) is 0 Å². The Labute approximate surface area is 188 Å². The summed E-state index contributed by atoms with van der Waals surface area (Å²) in [5.41, 5.74) is 0.719. The molecule has 1 atom stereocenters. The molecule has 6 nitrogen and oxygen atoms in total. The Balaban J connectivity index is 1.56. The number of amides is 1. The van der Waals surface area contributed by atoms with Crippen molar-refractivity contribution in [2.45, 2.75) is 11.9 Å². The zero-order valence-corrected chi connectivity index (χ0v) is 19.0. The molecule has 2 aromatic carbocycles. The van der Waals surface area contributed by atoms with Crippen molar-refractivity contribution in [1.29, 1.82) is 0 Å². The average molecular weight is 493 g/mol. The number of nitrogens with one attached hydrogen (secondary N) is 1. The molecular formula is C19H19Cl2FN2O4S2. The highest BCUT2D eigenvalue weighted by atomic mass is 35.5. The van der Waals surface area contributed by atoms with Crippen LogP contribution in [0.2, 0.25) is 10.0 Å². The number of anilines is 1. The number of carbonyl (C=O) groups excluding carboxylic acids is 1. The number of fused-ring (bicyclic) bond motifs is 1. The number of nitrogens with zero attached hydrogens (tertiary/aromatic N) is 1. The number of sulfonamides is 1. The fourth-order valence-electron chi connectivity index (χ4n) is 2.88. The van der Waals surface area contributed by atoms with Gasteiger partial charge in [0.25, 0.3) is 5.91 Å². The van der Waals surface area contributed by atoms with Crippen LogP contribution in [0.5, 0.6) is 5.75 Å². The third kappa shape index (κ3) is 5.51. The number of thioether (sulfide) groups is 1. The molecule has 1 aliphatic heterocycles. The van der Waals surface area contributed by atoms with E-state index in [-0.39, 0.29) is 18.1 Å². The van der Waals surface area contributed by atoms with Gasteiger partial charge in [-0.05, 0) is 30.3 Å². The molecule has 11 heteroatoms. The first kappa shape index (κ1) is 23.0. The van der Waals surface area contributed by atoms with Crippen LogP contribution in [0.15, 0.2) is 36.4 Å². The van der Waals surface area contributed by atoms with Gasteiger partial charge in [0.15, 0.2) is 6.10 Å². The first-order valence-electron chi connectivity index (χ1n) is 8.89. The maximum Gasteiger partial charge on any atom is 0.263 e. The van der Waals surface area contributed by atoms with E-state index >= 15 is 0 Å². The second-order valence-electron chi connectivity index (χ2n) is 6.56. The normalized spacial score (nSPS) is 16.0. The summed E-state index contributed by atoms with van der Waals surface area (Å²) >= 11 is 13.4. The van der Waals surface area contributed by atoms with Crippen molar-refractivity contribution in [3.8, 4) is 5.75 Å². The van der Waals surface area contributed by atoms with Crippen LogP contribution in [0.3, 0.4) is 0 Å². The Morgan fingerprint density at radius 1 is 1.33 bits per heavy atom. The Hall–Kier alpha value is -1.68. The van der Waals surface area contributed by atoms with Gasteiger partial charge in [0.2, 0.25) is 10.0 Å². The number of ether oxygens (including phenoxy) is 1. The van der Waals surface area contributed by atoms with Gasteiger partial charge in [-0.15, -0.1) is 0 Å². The first-order chi connectivity index (χ1) is 14.2. The molecule has 0 spiro atoms. The van der Waals surface area contributed by atoms with Crippen LogP contribution < -0.4 is 14.4 Å². The summed E-state index contributed by atoms with van der Waals surface area (Å²) in [6.07, 6.45) is 0.0574. The maximum atomic E-state index is 13.8. The van der Waals surface area contributed by atoms with Crippen molar-refractivity contribution >= 4 is 56.6 Å². The van der Waals surface area contributed by atoms with Gasteiger partial charge in [0.05, 0.1) is 18.5 Å². The van der Waals surface area contributed by atoms with Crippen molar-refractivity contribution in [1.82, 2.24) is 5.32 Å². The Morgan fingerprint density at radius 2 is 2.10 bits per heavy atom. The quantitative estimate of drug-likeness (QED) is 0.596. The van der Waals surface area contributed by atoms with Crippen LogP contribution in [-0.2, 0) is 20.6 Å². The van der Waals surface area contributed by atoms with E-state index in [9.17, 15) is 17.6 Å². The van der Waals surface area contributed by atoms with E-state index in [1.807, 2.05) is 0 Å². The lowest BCUT2D eigenvalue weighted by Gasteiger charge is -2.34. The second-order valence-corrected chi connectivity index (χ2v) is 10.4. The molecule has 1 unspecified atom stereocenters. The third-order valence-electron chi connectivity index (χ3n) is 4.34. The van der Waals surface area contributed by atoms with Gasteiger partial charge in [-0.1, -0.05) is 29.3 Å². The predicted molar refractivity (Wildman–Crippen MR) is 119 cm³/mol. The average Bonchev–Trinajstić information content (AvgIpc) is 2.68.